The summed E-state index contributed by atoms with van der Waals surface area (Å²) >= 11 is 0. The number of ether oxygens (including phenoxy) is 1. The summed E-state index contributed by atoms with van der Waals surface area (Å²) in [6.45, 7) is 7.44. The smallest absolute Gasteiger partial charge is 0.331 e. The molecule has 1 saturated carbocycles. The van der Waals surface area contributed by atoms with Gasteiger partial charge in [-0.25, -0.2) is 4.79 Å². The van der Waals surface area contributed by atoms with Gasteiger partial charge in [-0.15, -0.1) is 0 Å². The Morgan fingerprint density at radius 2 is 1.84 bits per heavy atom. The first-order chi connectivity index (χ1) is 17.8. The van der Waals surface area contributed by atoms with Crippen LogP contribution in [0.25, 0.3) is 17.0 Å². The van der Waals surface area contributed by atoms with Crippen LogP contribution >= 0.6 is 0 Å². The van der Waals surface area contributed by atoms with Crippen LogP contribution in [-0.4, -0.2) is 40.0 Å². The van der Waals surface area contributed by atoms with Crippen LogP contribution in [0.2, 0.25) is 0 Å². The monoisotopic (exact) mass is 499 g/mol. The number of para-hydroxylation sites is 1. The van der Waals surface area contributed by atoms with Crippen LogP contribution in [0.15, 0.2) is 54.2 Å². The molecule has 2 fully saturated rings. The average Bonchev–Trinajstić information content (AvgIpc) is 3.50. The quantitative estimate of drug-likeness (QED) is 0.341. The van der Waals surface area contributed by atoms with E-state index in [1.165, 1.54) is 10.5 Å². The standard InChI is InChI=1S/C30H33N3O4/c1-19(2)23-13-12-20(3)16-27(23)37-15-14-32-18-21(24-10-6-7-11-26(24)32)17-25-28(34)31-30(36)33(29(25)35)22-8-4-5-9-22/h6-7,10-13,16-19,22H,4-5,8-9,14-15H2,1-3H3,(H,31,34,36)/b25-17-. The molecule has 0 unspecified atom stereocenters. The first-order valence-electron chi connectivity index (χ1n) is 13.0. The van der Waals surface area contributed by atoms with Crippen LogP contribution in [0.5, 0.6) is 5.75 Å². The number of rotatable bonds is 7. The number of aromatic nitrogens is 1. The van der Waals surface area contributed by atoms with Crippen molar-refractivity contribution in [2.75, 3.05) is 6.61 Å². The summed E-state index contributed by atoms with van der Waals surface area (Å²) in [7, 11) is 0. The number of hydrogen-bond donors (Lipinski definition) is 1. The van der Waals surface area contributed by atoms with Crippen molar-refractivity contribution < 1.29 is 19.1 Å². The van der Waals surface area contributed by atoms with E-state index in [1.54, 1.807) is 6.08 Å². The molecule has 4 amide bonds. The number of nitrogens with one attached hydrogen (secondary N) is 1. The van der Waals surface area contributed by atoms with E-state index in [1.807, 2.05) is 30.5 Å². The highest BCUT2D eigenvalue weighted by molar-refractivity contribution is 6.31. The van der Waals surface area contributed by atoms with Crippen molar-refractivity contribution in [3.05, 3.63) is 70.9 Å². The van der Waals surface area contributed by atoms with E-state index in [0.29, 0.717) is 19.1 Å². The number of hydrogen-bond acceptors (Lipinski definition) is 4. The van der Waals surface area contributed by atoms with Crippen LogP contribution in [0.1, 0.15) is 62.1 Å². The lowest BCUT2D eigenvalue weighted by atomic mass is 10.0. The molecule has 1 aliphatic carbocycles. The van der Waals surface area contributed by atoms with Crippen molar-refractivity contribution in [1.29, 1.82) is 0 Å². The fourth-order valence-electron chi connectivity index (χ4n) is 5.39. The number of carbonyl (C=O) groups is 3. The Hall–Kier alpha value is -3.87. The molecule has 3 aromatic rings. The Kier molecular flexibility index (Phi) is 6.87. The number of barbiturate groups is 1. The van der Waals surface area contributed by atoms with Gasteiger partial charge in [0.1, 0.15) is 17.9 Å². The second-order valence-electron chi connectivity index (χ2n) is 10.3. The van der Waals surface area contributed by atoms with E-state index in [9.17, 15) is 14.4 Å². The minimum Gasteiger partial charge on any atom is -0.491 e. The molecule has 0 radical (unpaired) electrons. The summed E-state index contributed by atoms with van der Waals surface area (Å²) in [6.07, 6.45) is 7.07. The third-order valence-electron chi connectivity index (χ3n) is 7.32. The van der Waals surface area contributed by atoms with Crippen molar-refractivity contribution in [2.24, 2.45) is 0 Å². The fourth-order valence-corrected chi connectivity index (χ4v) is 5.39. The summed E-state index contributed by atoms with van der Waals surface area (Å²) in [6, 6.07) is 13.4. The molecule has 2 aliphatic rings. The fraction of sp³-hybridized carbons (Fsp3) is 0.367. The maximum Gasteiger partial charge on any atom is 0.331 e. The maximum absolute atomic E-state index is 13.3. The first kappa shape index (κ1) is 24.8. The molecule has 1 aliphatic heterocycles. The molecule has 192 valence electrons. The van der Waals surface area contributed by atoms with Gasteiger partial charge in [0.05, 0.1) is 6.54 Å². The number of imide groups is 2. The second-order valence-corrected chi connectivity index (χ2v) is 10.3. The third-order valence-corrected chi connectivity index (χ3v) is 7.32. The normalized spacial score (nSPS) is 17.9. The predicted molar refractivity (Wildman–Crippen MR) is 143 cm³/mol. The van der Waals surface area contributed by atoms with Crippen LogP contribution in [0.3, 0.4) is 0 Å². The van der Waals surface area contributed by atoms with Crippen LogP contribution in [0.4, 0.5) is 4.79 Å². The van der Waals surface area contributed by atoms with Gasteiger partial charge < -0.3 is 9.30 Å². The number of carbonyl (C=O) groups excluding carboxylic acids is 3. The van der Waals surface area contributed by atoms with Gasteiger partial charge >= 0.3 is 6.03 Å². The topological polar surface area (TPSA) is 80.6 Å². The van der Waals surface area contributed by atoms with E-state index in [2.05, 4.69) is 48.9 Å². The van der Waals surface area contributed by atoms with Crippen molar-refractivity contribution >= 4 is 34.8 Å². The number of nitrogens with zero attached hydrogens (tertiary/aromatic N) is 2. The zero-order chi connectivity index (χ0) is 26.1. The lowest BCUT2D eigenvalue weighted by Gasteiger charge is -2.31. The summed E-state index contributed by atoms with van der Waals surface area (Å²) in [4.78, 5) is 39.7. The molecule has 2 aromatic carbocycles. The van der Waals surface area contributed by atoms with Gasteiger partial charge in [-0.2, -0.15) is 0 Å². The van der Waals surface area contributed by atoms with Crippen LogP contribution in [0, 0.1) is 6.92 Å². The van der Waals surface area contributed by atoms with Gasteiger partial charge in [-0.1, -0.05) is 57.0 Å². The molecule has 0 spiro atoms. The second kappa shape index (κ2) is 10.2. The zero-order valence-corrected chi connectivity index (χ0v) is 21.6. The number of amides is 4. The van der Waals surface area contributed by atoms with E-state index in [0.717, 1.165) is 53.5 Å². The molecule has 0 bridgehead atoms. The minimum absolute atomic E-state index is 0.00742. The highest BCUT2D eigenvalue weighted by Crippen LogP contribution is 2.30. The third kappa shape index (κ3) is 4.90. The summed E-state index contributed by atoms with van der Waals surface area (Å²) in [5.41, 5.74) is 4.07. The number of fused-ring (bicyclic) bond motifs is 1. The molecule has 7 nitrogen and oxygen atoms in total. The van der Waals surface area contributed by atoms with Gasteiger partial charge in [0.25, 0.3) is 11.8 Å². The largest absolute Gasteiger partial charge is 0.491 e. The lowest BCUT2D eigenvalue weighted by Crippen LogP contribution is -2.57. The Labute approximate surface area is 217 Å². The molecule has 0 atom stereocenters. The van der Waals surface area contributed by atoms with E-state index < -0.39 is 17.8 Å². The zero-order valence-electron chi connectivity index (χ0n) is 21.6. The van der Waals surface area contributed by atoms with Crippen molar-refractivity contribution in [1.82, 2.24) is 14.8 Å². The number of aryl methyl sites for hydroxylation is 1. The van der Waals surface area contributed by atoms with Crippen molar-refractivity contribution in [3.8, 4) is 5.75 Å². The SMILES string of the molecule is Cc1ccc(C(C)C)c(OCCn2cc(/C=C3/C(=O)NC(=O)N(C4CCCC4)C3=O)c3ccccc32)c1. The summed E-state index contributed by atoms with van der Waals surface area (Å²) in [5, 5.41) is 3.29. The molecular weight excluding hydrogens is 466 g/mol. The minimum atomic E-state index is -0.648. The van der Waals surface area contributed by atoms with Crippen molar-refractivity contribution in [3.63, 3.8) is 0 Å². The van der Waals surface area contributed by atoms with Gasteiger partial charge in [0, 0.05) is 28.7 Å². The van der Waals surface area contributed by atoms with Gasteiger partial charge in [-0.3, -0.25) is 19.8 Å². The summed E-state index contributed by atoms with van der Waals surface area (Å²) < 4.78 is 8.29. The van der Waals surface area contributed by atoms with Gasteiger partial charge in [0.15, 0.2) is 0 Å². The Balaban J connectivity index is 1.41. The molecular formula is C30H33N3O4. The maximum atomic E-state index is 13.3. The van der Waals surface area contributed by atoms with Crippen molar-refractivity contribution in [2.45, 2.75) is 65.0 Å². The van der Waals surface area contributed by atoms with E-state index >= 15 is 0 Å². The highest BCUT2D eigenvalue weighted by atomic mass is 16.5. The molecule has 1 N–H and O–H groups in total. The van der Waals surface area contributed by atoms with E-state index in [-0.39, 0.29) is 11.6 Å². The molecule has 37 heavy (non-hydrogen) atoms. The first-order valence-corrected chi connectivity index (χ1v) is 13.0. The average molecular weight is 500 g/mol. The molecule has 7 heteroatoms. The Morgan fingerprint density at radius 3 is 2.59 bits per heavy atom. The Morgan fingerprint density at radius 1 is 1.08 bits per heavy atom. The van der Waals surface area contributed by atoms with Gasteiger partial charge in [-0.05, 0) is 55.0 Å². The molecule has 2 heterocycles. The Bertz CT molecular complexity index is 1400. The van der Waals surface area contributed by atoms with Gasteiger partial charge in [0.2, 0.25) is 0 Å². The molecule has 1 aromatic heterocycles. The lowest BCUT2D eigenvalue weighted by molar-refractivity contribution is -0.131. The number of urea groups is 1. The van der Waals surface area contributed by atoms with Crippen LogP contribution in [-0.2, 0) is 16.1 Å². The predicted octanol–water partition coefficient (Wildman–Crippen LogP) is 5.56. The summed E-state index contributed by atoms with van der Waals surface area (Å²) in [5.74, 6) is 0.0950. The number of benzene rings is 2. The molecule has 1 saturated heterocycles. The molecule has 5 rings (SSSR count). The van der Waals surface area contributed by atoms with Crippen LogP contribution < -0.4 is 10.1 Å². The highest BCUT2D eigenvalue weighted by Gasteiger charge is 2.40. The van der Waals surface area contributed by atoms with E-state index in [4.69, 9.17) is 4.74 Å².